The Balaban J connectivity index is 1.97. The van der Waals surface area contributed by atoms with E-state index in [4.69, 9.17) is 0 Å². The molecule has 2 amide bonds. The second kappa shape index (κ2) is 4.79. The molecule has 1 aliphatic rings. The van der Waals surface area contributed by atoms with Crippen molar-refractivity contribution >= 4 is 28.3 Å². The molecule has 108 valence electrons. The largest absolute Gasteiger partial charge is 0.268 e. The van der Waals surface area contributed by atoms with E-state index in [9.17, 15) is 14.9 Å². The number of carbonyl (C=O) groups is 2. The number of fused-ring (bicyclic) bond motifs is 2. The summed E-state index contributed by atoms with van der Waals surface area (Å²) in [6.07, 6.45) is 0. The molecule has 0 fully saturated rings. The van der Waals surface area contributed by atoms with Gasteiger partial charge in [-0.2, -0.15) is 5.26 Å². The summed E-state index contributed by atoms with van der Waals surface area (Å²) < 4.78 is 0. The number of carbonyl (C=O) groups excluding carboxylic acids is 2. The number of anilines is 1. The van der Waals surface area contributed by atoms with Crippen molar-refractivity contribution in [1.82, 2.24) is 0 Å². The average Bonchev–Trinajstić information content (AvgIpc) is 2.85. The van der Waals surface area contributed by atoms with Crippen molar-refractivity contribution in [1.29, 1.82) is 5.26 Å². The molecule has 0 spiro atoms. The molecular weight excluding hydrogens is 288 g/mol. The number of amides is 2. The first-order valence-electron chi connectivity index (χ1n) is 7.12. The van der Waals surface area contributed by atoms with Crippen LogP contribution in [0.4, 0.5) is 5.69 Å². The van der Waals surface area contributed by atoms with E-state index in [1.54, 1.807) is 30.3 Å². The van der Waals surface area contributed by atoms with Gasteiger partial charge in [-0.1, -0.05) is 42.5 Å². The Morgan fingerprint density at radius 3 is 2.04 bits per heavy atom. The third kappa shape index (κ3) is 1.77. The molecule has 1 aliphatic heterocycles. The van der Waals surface area contributed by atoms with Crippen molar-refractivity contribution in [2.75, 3.05) is 4.90 Å². The van der Waals surface area contributed by atoms with Gasteiger partial charge in [-0.25, -0.2) is 4.90 Å². The minimum Gasteiger partial charge on any atom is -0.268 e. The van der Waals surface area contributed by atoms with Gasteiger partial charge in [0.15, 0.2) is 0 Å². The number of hydrogen-bond acceptors (Lipinski definition) is 3. The normalized spacial score (nSPS) is 13.3. The molecule has 4 rings (SSSR count). The number of imide groups is 1. The Morgan fingerprint density at radius 2 is 1.39 bits per heavy atom. The lowest BCUT2D eigenvalue weighted by atomic mass is 10.0. The molecule has 0 bridgehead atoms. The average molecular weight is 298 g/mol. The summed E-state index contributed by atoms with van der Waals surface area (Å²) >= 11 is 0. The molecular formula is C19H10N2O2. The molecule has 4 heteroatoms. The zero-order chi connectivity index (χ0) is 16.0. The maximum atomic E-state index is 12.6. The minimum absolute atomic E-state index is 0.331. The van der Waals surface area contributed by atoms with Crippen LogP contribution in [0.25, 0.3) is 10.8 Å². The number of rotatable bonds is 1. The van der Waals surface area contributed by atoms with Gasteiger partial charge in [-0.15, -0.1) is 0 Å². The molecule has 0 saturated carbocycles. The standard InChI is InChI=1S/C19H10N2O2/c20-11-16-13-6-2-1-5-12(13)9-10-17(16)21-18(22)14-7-3-4-8-15(14)19(21)23/h1-10H. The van der Waals surface area contributed by atoms with Crippen molar-refractivity contribution in [2.45, 2.75) is 0 Å². The second-order valence-corrected chi connectivity index (χ2v) is 5.28. The molecule has 0 radical (unpaired) electrons. The van der Waals surface area contributed by atoms with E-state index < -0.39 is 11.8 Å². The predicted octanol–water partition coefficient (Wildman–Crippen LogP) is 3.51. The van der Waals surface area contributed by atoms with Gasteiger partial charge in [0.25, 0.3) is 11.8 Å². The van der Waals surface area contributed by atoms with Crippen LogP contribution in [0.5, 0.6) is 0 Å². The highest BCUT2D eigenvalue weighted by Crippen LogP contribution is 2.34. The second-order valence-electron chi connectivity index (χ2n) is 5.28. The van der Waals surface area contributed by atoms with Crippen LogP contribution in [-0.2, 0) is 0 Å². The Labute approximate surface area is 132 Å². The molecule has 3 aromatic rings. The lowest BCUT2D eigenvalue weighted by molar-refractivity contribution is 0.0926. The maximum absolute atomic E-state index is 12.6. The number of nitriles is 1. The quantitative estimate of drug-likeness (QED) is 0.646. The fourth-order valence-electron chi connectivity index (χ4n) is 2.97. The van der Waals surface area contributed by atoms with Crippen LogP contribution < -0.4 is 4.90 Å². The molecule has 3 aromatic carbocycles. The summed E-state index contributed by atoms with van der Waals surface area (Å²) in [7, 11) is 0. The van der Waals surface area contributed by atoms with Gasteiger partial charge in [-0.05, 0) is 23.6 Å². The monoisotopic (exact) mass is 298 g/mol. The fourth-order valence-corrected chi connectivity index (χ4v) is 2.97. The van der Waals surface area contributed by atoms with Crippen LogP contribution in [0.3, 0.4) is 0 Å². The van der Waals surface area contributed by atoms with Crippen molar-refractivity contribution < 1.29 is 9.59 Å². The third-order valence-electron chi connectivity index (χ3n) is 4.05. The molecule has 4 nitrogen and oxygen atoms in total. The first-order valence-corrected chi connectivity index (χ1v) is 7.12. The molecule has 0 saturated heterocycles. The van der Waals surface area contributed by atoms with E-state index in [2.05, 4.69) is 6.07 Å². The summed E-state index contributed by atoms with van der Waals surface area (Å²) in [6.45, 7) is 0. The highest BCUT2D eigenvalue weighted by molar-refractivity contribution is 6.35. The van der Waals surface area contributed by atoms with E-state index in [-0.39, 0.29) is 0 Å². The van der Waals surface area contributed by atoms with E-state index in [0.29, 0.717) is 22.4 Å². The summed E-state index contributed by atoms with van der Waals surface area (Å²) in [6, 6.07) is 19.7. The third-order valence-corrected chi connectivity index (χ3v) is 4.05. The van der Waals surface area contributed by atoms with Crippen molar-refractivity contribution in [3.8, 4) is 6.07 Å². The van der Waals surface area contributed by atoms with Crippen LogP contribution >= 0.6 is 0 Å². The van der Waals surface area contributed by atoms with E-state index >= 15 is 0 Å². The number of hydrogen-bond donors (Lipinski definition) is 0. The Hall–Kier alpha value is -3.45. The minimum atomic E-state index is -0.391. The fraction of sp³-hybridized carbons (Fsp3) is 0. The zero-order valence-corrected chi connectivity index (χ0v) is 12.0. The Morgan fingerprint density at radius 1 is 0.783 bits per heavy atom. The van der Waals surface area contributed by atoms with Crippen LogP contribution in [0.1, 0.15) is 26.3 Å². The predicted molar refractivity (Wildman–Crippen MR) is 86.2 cm³/mol. The summed E-state index contributed by atoms with van der Waals surface area (Å²) in [4.78, 5) is 26.3. The van der Waals surface area contributed by atoms with E-state index in [0.717, 1.165) is 15.7 Å². The summed E-state index contributed by atoms with van der Waals surface area (Å²) in [5.41, 5.74) is 1.40. The van der Waals surface area contributed by atoms with Gasteiger partial charge < -0.3 is 0 Å². The molecule has 23 heavy (non-hydrogen) atoms. The highest BCUT2D eigenvalue weighted by atomic mass is 16.2. The molecule has 0 N–H and O–H groups in total. The molecule has 0 aromatic heterocycles. The van der Waals surface area contributed by atoms with Crippen LogP contribution in [0.2, 0.25) is 0 Å². The molecule has 0 unspecified atom stereocenters. The maximum Gasteiger partial charge on any atom is 0.266 e. The smallest absolute Gasteiger partial charge is 0.266 e. The van der Waals surface area contributed by atoms with Gasteiger partial charge in [0.1, 0.15) is 6.07 Å². The van der Waals surface area contributed by atoms with Crippen LogP contribution in [0.15, 0.2) is 60.7 Å². The number of benzene rings is 3. The summed E-state index contributed by atoms with van der Waals surface area (Å²) in [5, 5.41) is 11.2. The van der Waals surface area contributed by atoms with E-state index in [1.165, 1.54) is 0 Å². The number of nitrogens with zero attached hydrogens (tertiary/aromatic N) is 2. The van der Waals surface area contributed by atoms with Gasteiger partial charge >= 0.3 is 0 Å². The van der Waals surface area contributed by atoms with Gasteiger partial charge in [0, 0.05) is 5.39 Å². The Kier molecular flexibility index (Phi) is 2.75. The zero-order valence-electron chi connectivity index (χ0n) is 12.0. The molecule has 0 aliphatic carbocycles. The first-order chi connectivity index (χ1) is 11.2. The van der Waals surface area contributed by atoms with Crippen LogP contribution in [0, 0.1) is 11.3 Å². The van der Waals surface area contributed by atoms with Crippen molar-refractivity contribution in [2.24, 2.45) is 0 Å². The lowest BCUT2D eigenvalue weighted by Gasteiger charge is -2.16. The van der Waals surface area contributed by atoms with E-state index in [1.807, 2.05) is 30.3 Å². The van der Waals surface area contributed by atoms with Gasteiger partial charge in [-0.3, -0.25) is 9.59 Å². The molecule has 1 heterocycles. The van der Waals surface area contributed by atoms with Crippen molar-refractivity contribution in [3.63, 3.8) is 0 Å². The highest BCUT2D eigenvalue weighted by Gasteiger charge is 2.37. The topological polar surface area (TPSA) is 61.2 Å². The van der Waals surface area contributed by atoms with Crippen molar-refractivity contribution in [3.05, 3.63) is 77.4 Å². The molecule has 0 atom stereocenters. The summed E-state index contributed by atoms with van der Waals surface area (Å²) in [5.74, 6) is -0.783. The Bertz CT molecular complexity index is 996. The SMILES string of the molecule is N#Cc1c(N2C(=O)c3ccccc3C2=O)ccc2ccccc12. The van der Waals surface area contributed by atoms with Gasteiger partial charge in [0.05, 0.1) is 22.4 Å². The lowest BCUT2D eigenvalue weighted by Crippen LogP contribution is -2.30. The van der Waals surface area contributed by atoms with Gasteiger partial charge in [0.2, 0.25) is 0 Å². The first kappa shape index (κ1) is 13.2. The van der Waals surface area contributed by atoms with Crippen LogP contribution in [-0.4, -0.2) is 11.8 Å².